The molecule has 2 aromatic rings. The highest BCUT2D eigenvalue weighted by molar-refractivity contribution is 5.85. The highest BCUT2D eigenvalue weighted by Gasteiger charge is 2.19. The zero-order chi connectivity index (χ0) is 16.8. The van der Waals surface area contributed by atoms with Crippen LogP contribution in [-0.2, 0) is 11.2 Å². The van der Waals surface area contributed by atoms with Gasteiger partial charge in [0.2, 0.25) is 5.91 Å². The van der Waals surface area contributed by atoms with Crippen LogP contribution in [0.5, 0.6) is 5.75 Å². The molecule has 0 aromatic heterocycles. The van der Waals surface area contributed by atoms with E-state index in [0.717, 1.165) is 24.3 Å². The van der Waals surface area contributed by atoms with Gasteiger partial charge >= 0.3 is 0 Å². The topological polar surface area (TPSA) is 50.4 Å². The molecular weight excluding hydrogens is 336 g/mol. The number of carbonyl (C=O) groups is 1. The van der Waals surface area contributed by atoms with E-state index in [4.69, 9.17) is 4.74 Å². The van der Waals surface area contributed by atoms with Crippen molar-refractivity contribution in [3.05, 3.63) is 65.2 Å². The molecule has 0 fully saturated rings. The van der Waals surface area contributed by atoms with Crippen molar-refractivity contribution in [2.24, 2.45) is 0 Å². The maximum Gasteiger partial charge on any atom is 0.223 e. The number of hydrogen-bond acceptors (Lipinski definition) is 3. The van der Waals surface area contributed by atoms with Gasteiger partial charge in [0.25, 0.3) is 0 Å². The Labute approximate surface area is 155 Å². The molecule has 1 unspecified atom stereocenters. The second-order valence-electron chi connectivity index (χ2n) is 6.17. The summed E-state index contributed by atoms with van der Waals surface area (Å²) in [5.41, 5.74) is 3.82. The summed E-state index contributed by atoms with van der Waals surface area (Å²) in [5.74, 6) is 0.832. The summed E-state index contributed by atoms with van der Waals surface area (Å²) < 4.78 is 5.63. The molecule has 1 aliphatic rings. The van der Waals surface area contributed by atoms with Crippen LogP contribution in [0.2, 0.25) is 0 Å². The van der Waals surface area contributed by atoms with Gasteiger partial charge in [-0.25, -0.2) is 0 Å². The van der Waals surface area contributed by atoms with Gasteiger partial charge in [0.1, 0.15) is 5.75 Å². The highest BCUT2D eigenvalue weighted by atomic mass is 35.5. The fourth-order valence-corrected chi connectivity index (χ4v) is 3.05. The number of fused-ring (bicyclic) bond motifs is 1. The van der Waals surface area contributed by atoms with Crippen LogP contribution in [0.4, 0.5) is 0 Å². The minimum atomic E-state index is 0. The summed E-state index contributed by atoms with van der Waals surface area (Å²) >= 11 is 0. The Bertz CT molecular complexity index is 706. The number of ether oxygens (including phenoxy) is 1. The largest absolute Gasteiger partial charge is 0.493 e. The van der Waals surface area contributed by atoms with E-state index in [1.165, 1.54) is 11.1 Å². The van der Waals surface area contributed by atoms with E-state index < -0.39 is 0 Å². The van der Waals surface area contributed by atoms with Crippen molar-refractivity contribution < 1.29 is 9.53 Å². The quantitative estimate of drug-likeness (QED) is 0.831. The van der Waals surface area contributed by atoms with Gasteiger partial charge < -0.3 is 15.4 Å². The number of benzene rings is 2. The molecule has 0 spiro atoms. The Morgan fingerprint density at radius 2 is 2.08 bits per heavy atom. The predicted octanol–water partition coefficient (Wildman–Crippen LogP) is 3.19. The van der Waals surface area contributed by atoms with E-state index in [1.807, 2.05) is 31.2 Å². The van der Waals surface area contributed by atoms with Gasteiger partial charge in [-0.1, -0.05) is 36.4 Å². The Balaban J connectivity index is 0.00000225. The lowest BCUT2D eigenvalue weighted by Gasteiger charge is -2.27. The van der Waals surface area contributed by atoms with Crippen molar-refractivity contribution in [3.63, 3.8) is 0 Å². The minimum Gasteiger partial charge on any atom is -0.493 e. The van der Waals surface area contributed by atoms with Crippen molar-refractivity contribution >= 4 is 18.3 Å². The molecule has 25 heavy (non-hydrogen) atoms. The van der Waals surface area contributed by atoms with Gasteiger partial charge in [-0.2, -0.15) is 0 Å². The zero-order valence-corrected chi connectivity index (χ0v) is 15.3. The molecule has 1 heterocycles. The lowest BCUT2D eigenvalue weighted by molar-refractivity contribution is -0.121. The SMILES string of the molecule is Cc1cccc(OCCC(=O)NCC2NCCc3ccccc32)c1.Cl. The first-order valence-electron chi connectivity index (χ1n) is 8.50. The number of hydrogen-bond donors (Lipinski definition) is 2. The van der Waals surface area contributed by atoms with E-state index in [0.29, 0.717) is 19.6 Å². The standard InChI is InChI=1S/C20H24N2O2.ClH/c1-15-5-4-7-17(13-15)24-12-10-20(23)22-14-19-18-8-3-2-6-16(18)9-11-21-19;/h2-8,13,19,21H,9-12,14H2,1H3,(H,22,23);1H. The summed E-state index contributed by atoms with van der Waals surface area (Å²) in [6.45, 7) is 3.98. The van der Waals surface area contributed by atoms with Crippen molar-refractivity contribution in [2.75, 3.05) is 19.7 Å². The average Bonchev–Trinajstić information content (AvgIpc) is 2.60. The van der Waals surface area contributed by atoms with E-state index in [9.17, 15) is 4.79 Å². The third-order valence-corrected chi connectivity index (χ3v) is 4.31. The molecule has 0 saturated heterocycles. The van der Waals surface area contributed by atoms with Crippen LogP contribution in [-0.4, -0.2) is 25.6 Å². The van der Waals surface area contributed by atoms with Crippen molar-refractivity contribution in [2.45, 2.75) is 25.8 Å². The smallest absolute Gasteiger partial charge is 0.223 e. The Morgan fingerprint density at radius 3 is 2.92 bits per heavy atom. The molecule has 2 aromatic carbocycles. The van der Waals surface area contributed by atoms with Crippen molar-refractivity contribution in [3.8, 4) is 5.75 Å². The van der Waals surface area contributed by atoms with E-state index >= 15 is 0 Å². The minimum absolute atomic E-state index is 0. The van der Waals surface area contributed by atoms with Crippen LogP contribution in [0.3, 0.4) is 0 Å². The van der Waals surface area contributed by atoms with Gasteiger partial charge in [0.05, 0.1) is 13.0 Å². The monoisotopic (exact) mass is 360 g/mol. The van der Waals surface area contributed by atoms with Gasteiger partial charge in [0, 0.05) is 12.6 Å². The molecule has 0 bridgehead atoms. The normalized spacial score (nSPS) is 15.6. The van der Waals surface area contributed by atoms with Crippen LogP contribution in [0.15, 0.2) is 48.5 Å². The van der Waals surface area contributed by atoms with E-state index in [2.05, 4.69) is 34.9 Å². The maximum atomic E-state index is 12.0. The molecule has 1 atom stereocenters. The average molecular weight is 361 g/mol. The lowest BCUT2D eigenvalue weighted by Crippen LogP contribution is -2.39. The molecule has 2 N–H and O–H groups in total. The number of amides is 1. The molecule has 0 radical (unpaired) electrons. The molecule has 5 heteroatoms. The first-order valence-corrected chi connectivity index (χ1v) is 8.50. The van der Waals surface area contributed by atoms with Gasteiger partial charge in [-0.15, -0.1) is 12.4 Å². The summed E-state index contributed by atoms with van der Waals surface area (Å²) in [7, 11) is 0. The van der Waals surface area contributed by atoms with Crippen LogP contribution < -0.4 is 15.4 Å². The fraction of sp³-hybridized carbons (Fsp3) is 0.350. The van der Waals surface area contributed by atoms with Crippen LogP contribution in [0.1, 0.15) is 29.2 Å². The van der Waals surface area contributed by atoms with Gasteiger partial charge in [-0.3, -0.25) is 4.79 Å². The van der Waals surface area contributed by atoms with Crippen molar-refractivity contribution in [1.82, 2.24) is 10.6 Å². The Morgan fingerprint density at radius 1 is 1.24 bits per heavy atom. The maximum absolute atomic E-state index is 12.0. The number of carbonyl (C=O) groups excluding carboxylic acids is 1. The molecular formula is C20H25ClN2O2. The number of nitrogens with one attached hydrogen (secondary N) is 2. The van der Waals surface area contributed by atoms with Gasteiger partial charge in [0.15, 0.2) is 0 Å². The third kappa shape index (κ3) is 5.48. The second-order valence-corrected chi connectivity index (χ2v) is 6.17. The second kappa shape index (κ2) is 9.44. The molecule has 4 nitrogen and oxygen atoms in total. The van der Waals surface area contributed by atoms with Crippen LogP contribution in [0, 0.1) is 6.92 Å². The highest BCUT2D eigenvalue weighted by Crippen LogP contribution is 2.21. The number of rotatable bonds is 6. The number of halogens is 1. The van der Waals surface area contributed by atoms with Crippen molar-refractivity contribution in [1.29, 1.82) is 0 Å². The molecule has 1 aliphatic heterocycles. The fourth-order valence-electron chi connectivity index (χ4n) is 3.05. The van der Waals surface area contributed by atoms with Crippen LogP contribution >= 0.6 is 12.4 Å². The van der Waals surface area contributed by atoms with Crippen LogP contribution in [0.25, 0.3) is 0 Å². The molecule has 0 saturated carbocycles. The number of aryl methyl sites for hydroxylation is 1. The zero-order valence-electron chi connectivity index (χ0n) is 14.5. The third-order valence-electron chi connectivity index (χ3n) is 4.31. The molecule has 134 valence electrons. The summed E-state index contributed by atoms with van der Waals surface area (Å²) in [4.78, 5) is 12.0. The van der Waals surface area contributed by atoms with Gasteiger partial charge in [-0.05, 0) is 48.7 Å². The Hall–Kier alpha value is -2.04. The lowest BCUT2D eigenvalue weighted by atomic mass is 9.94. The molecule has 1 amide bonds. The molecule has 3 rings (SSSR count). The predicted molar refractivity (Wildman–Crippen MR) is 102 cm³/mol. The summed E-state index contributed by atoms with van der Waals surface area (Å²) in [5, 5.41) is 6.48. The van der Waals surface area contributed by atoms with E-state index in [1.54, 1.807) is 0 Å². The first-order chi connectivity index (χ1) is 11.7. The summed E-state index contributed by atoms with van der Waals surface area (Å²) in [6, 6.07) is 16.5. The van der Waals surface area contributed by atoms with E-state index in [-0.39, 0.29) is 24.4 Å². The first kappa shape index (κ1) is 19.3. The summed E-state index contributed by atoms with van der Waals surface area (Å²) in [6.07, 6.45) is 1.41. The Kier molecular flexibility index (Phi) is 7.29. The molecule has 0 aliphatic carbocycles.